The number of anilines is 1. The number of hydrogen-bond acceptors (Lipinski definition) is 10. The number of carbonyl (C=O) groups is 3. The Kier molecular flexibility index (Phi) is 12.6. The summed E-state index contributed by atoms with van der Waals surface area (Å²) in [6.45, 7) is 7.48. The van der Waals surface area contributed by atoms with Crippen molar-refractivity contribution in [1.29, 1.82) is 0 Å². The molecule has 0 bridgehead atoms. The summed E-state index contributed by atoms with van der Waals surface area (Å²) in [5.74, 6) is 2.06. The summed E-state index contributed by atoms with van der Waals surface area (Å²) in [5.41, 5.74) is 4.65. The molecule has 0 aliphatic rings. The Morgan fingerprint density at radius 2 is 1.40 bits per heavy atom. The van der Waals surface area contributed by atoms with E-state index in [1.54, 1.807) is 53.0 Å². The Hall–Kier alpha value is -6.96. The van der Waals surface area contributed by atoms with Crippen molar-refractivity contribution in [3.05, 3.63) is 113 Å². The molecule has 0 unspecified atom stereocenters. The fraction of sp³-hybridized carbons (Fsp3) is 0.220. The number of methoxy groups -OCH3 is 2. The van der Waals surface area contributed by atoms with Gasteiger partial charge in [0.2, 0.25) is 0 Å². The van der Waals surface area contributed by atoms with Crippen molar-refractivity contribution in [3.63, 3.8) is 0 Å². The molecule has 1 amide bonds. The second-order valence-electron chi connectivity index (χ2n) is 12.9. The minimum absolute atomic E-state index is 0.181. The summed E-state index contributed by atoms with van der Waals surface area (Å²) in [7, 11) is 3.07. The minimum atomic E-state index is -0.612. The Morgan fingerprint density at radius 1 is 0.782 bits per heavy atom. The normalized spacial score (nSPS) is 10.8. The van der Waals surface area contributed by atoms with Gasteiger partial charge in [0.15, 0.2) is 6.29 Å². The van der Waals surface area contributed by atoms with Gasteiger partial charge in [-0.15, -0.1) is 0 Å². The highest BCUT2D eigenvalue weighted by Gasteiger charge is 2.18. The number of aldehydes is 1. The molecule has 14 nitrogen and oxygen atoms in total. The Bertz CT molecular complexity index is 2430. The van der Waals surface area contributed by atoms with Gasteiger partial charge in [-0.25, -0.2) is 14.8 Å². The van der Waals surface area contributed by atoms with Crippen molar-refractivity contribution < 1.29 is 33.3 Å². The molecule has 284 valence electrons. The average Bonchev–Trinajstić information content (AvgIpc) is 3.78. The van der Waals surface area contributed by atoms with Crippen LogP contribution in [0.4, 0.5) is 10.5 Å². The molecule has 4 N–H and O–H groups in total. The predicted octanol–water partition coefficient (Wildman–Crippen LogP) is 7.60. The third kappa shape index (κ3) is 10.1. The number of fused-ring (bicyclic) bond motifs is 3. The summed E-state index contributed by atoms with van der Waals surface area (Å²) < 4.78 is 20.4. The Balaban J connectivity index is 0.000000162. The lowest BCUT2D eigenvalue weighted by molar-refractivity contribution is -0.142. The number of rotatable bonds is 8. The molecule has 3 aromatic heterocycles. The van der Waals surface area contributed by atoms with Crippen LogP contribution in [-0.4, -0.2) is 69.7 Å². The van der Waals surface area contributed by atoms with E-state index in [0.717, 1.165) is 33.0 Å². The summed E-state index contributed by atoms with van der Waals surface area (Å²) in [5, 5.41) is 3.37. The van der Waals surface area contributed by atoms with Crippen molar-refractivity contribution in [3.8, 4) is 22.9 Å². The first kappa shape index (κ1) is 39.3. The molecule has 7 aromatic rings. The number of aromatic amines is 3. The van der Waals surface area contributed by atoms with Crippen LogP contribution in [0, 0.1) is 0 Å². The molecule has 0 aliphatic carbocycles. The van der Waals surface area contributed by atoms with E-state index in [1.165, 1.54) is 7.11 Å². The molecule has 7 rings (SSSR count). The van der Waals surface area contributed by atoms with Gasteiger partial charge in [0.1, 0.15) is 35.2 Å². The monoisotopic (exact) mass is 746 g/mol. The number of para-hydroxylation sites is 4. The fourth-order valence-electron chi connectivity index (χ4n) is 5.44. The first-order valence-electron chi connectivity index (χ1n) is 17.3. The smallest absolute Gasteiger partial charge is 0.412 e. The van der Waals surface area contributed by atoms with E-state index in [1.807, 2.05) is 72.8 Å². The standard InChI is InChI=1S/C17H13N3O2.C13H17NO4.C11H12N2O2/c1-22-15-8-4-7-12-10(15)9-11(17(21)20-12)16-18-13-5-2-3-6-14(13)19-16;1-13(2,3)18-12(16)14-10-6-5-7-11(17-4)9(10)8-15;1-2-15-11(14)7-10-12-8-5-3-4-6-9(8)13-10/h2-9H,1H3,(H,18,19)(H,20,21);5-8H,1-4H3,(H,14,16);3-6H,2,7H2,1H3,(H,12,13). The predicted molar refractivity (Wildman–Crippen MR) is 211 cm³/mol. The number of esters is 1. The van der Waals surface area contributed by atoms with E-state index in [0.29, 0.717) is 47.3 Å². The molecule has 55 heavy (non-hydrogen) atoms. The summed E-state index contributed by atoms with van der Waals surface area (Å²) in [4.78, 5) is 64.1. The zero-order valence-corrected chi connectivity index (χ0v) is 31.3. The number of nitrogens with one attached hydrogen (secondary N) is 4. The van der Waals surface area contributed by atoms with Gasteiger partial charge in [0.25, 0.3) is 5.56 Å². The molecule has 14 heteroatoms. The Morgan fingerprint density at radius 3 is 2.02 bits per heavy atom. The maximum atomic E-state index is 12.4. The quantitative estimate of drug-likeness (QED) is 0.0890. The SMILES string of the molecule is CCOC(=O)Cc1nc2ccccc2[nH]1.COc1cccc(NC(=O)OC(C)(C)C)c1C=O.COc1cccc2[nH]c(=O)c(-c3nc4ccccc4[nH]3)cc12. The maximum absolute atomic E-state index is 12.4. The number of pyridine rings is 1. The second-order valence-corrected chi connectivity index (χ2v) is 12.9. The van der Waals surface area contributed by atoms with Crippen LogP contribution in [0.2, 0.25) is 0 Å². The highest BCUT2D eigenvalue weighted by molar-refractivity contribution is 5.95. The lowest BCUT2D eigenvalue weighted by Gasteiger charge is -2.20. The van der Waals surface area contributed by atoms with Crippen LogP contribution >= 0.6 is 0 Å². The van der Waals surface area contributed by atoms with Crippen molar-refractivity contribution in [2.45, 2.75) is 39.7 Å². The third-order valence-electron chi connectivity index (χ3n) is 7.81. The second kappa shape index (κ2) is 17.7. The molecule has 4 aromatic carbocycles. The lowest BCUT2D eigenvalue weighted by atomic mass is 10.1. The molecule has 0 aliphatic heterocycles. The molecular weight excluding hydrogens is 704 g/mol. The van der Waals surface area contributed by atoms with Gasteiger partial charge in [-0.1, -0.05) is 36.4 Å². The number of aromatic nitrogens is 5. The molecule has 3 heterocycles. The van der Waals surface area contributed by atoms with Crippen LogP contribution in [0.15, 0.2) is 95.8 Å². The summed E-state index contributed by atoms with van der Waals surface area (Å²) in [6.07, 6.45) is 0.215. The highest BCUT2D eigenvalue weighted by Crippen LogP contribution is 2.27. The van der Waals surface area contributed by atoms with Crippen molar-refractivity contribution in [2.24, 2.45) is 0 Å². The number of carbonyl (C=O) groups excluding carboxylic acids is 3. The van der Waals surface area contributed by atoms with Gasteiger partial charge in [0.05, 0.1) is 65.2 Å². The van der Waals surface area contributed by atoms with Crippen molar-refractivity contribution >= 4 is 57.0 Å². The van der Waals surface area contributed by atoms with Crippen LogP contribution < -0.4 is 20.3 Å². The first-order chi connectivity index (χ1) is 26.4. The van der Waals surface area contributed by atoms with E-state index in [2.05, 4.69) is 30.2 Å². The summed E-state index contributed by atoms with van der Waals surface area (Å²) >= 11 is 0. The minimum Gasteiger partial charge on any atom is -0.496 e. The van der Waals surface area contributed by atoms with Gasteiger partial charge < -0.3 is 33.9 Å². The molecule has 0 saturated heterocycles. The van der Waals surface area contributed by atoms with Crippen LogP contribution in [0.5, 0.6) is 11.5 Å². The molecule has 0 saturated carbocycles. The van der Waals surface area contributed by atoms with E-state index >= 15 is 0 Å². The van der Waals surface area contributed by atoms with E-state index < -0.39 is 11.7 Å². The average molecular weight is 747 g/mol. The fourth-order valence-corrected chi connectivity index (χ4v) is 5.44. The van der Waals surface area contributed by atoms with Gasteiger partial charge in [0, 0.05) is 5.39 Å². The molecule has 0 spiro atoms. The van der Waals surface area contributed by atoms with Crippen molar-refractivity contribution in [2.75, 3.05) is 26.1 Å². The highest BCUT2D eigenvalue weighted by atomic mass is 16.6. The topological polar surface area (TPSA) is 190 Å². The number of hydrogen-bond donors (Lipinski definition) is 4. The molecular formula is C41H42N6O8. The van der Waals surface area contributed by atoms with E-state index in [4.69, 9.17) is 18.9 Å². The molecule has 0 fully saturated rings. The van der Waals surface area contributed by atoms with Crippen LogP contribution in [-0.2, 0) is 20.7 Å². The molecule has 0 radical (unpaired) electrons. The van der Waals surface area contributed by atoms with Crippen LogP contribution in [0.25, 0.3) is 44.4 Å². The third-order valence-corrected chi connectivity index (χ3v) is 7.81. The number of nitrogens with zero attached hydrogens (tertiary/aromatic N) is 2. The summed E-state index contributed by atoms with van der Waals surface area (Å²) in [6, 6.07) is 27.7. The maximum Gasteiger partial charge on any atom is 0.412 e. The lowest BCUT2D eigenvalue weighted by Crippen LogP contribution is -2.27. The van der Waals surface area contributed by atoms with E-state index in [-0.39, 0.29) is 23.5 Å². The first-order valence-corrected chi connectivity index (χ1v) is 17.3. The zero-order chi connectivity index (χ0) is 39.5. The Labute approximate surface area is 316 Å². The number of H-pyrrole nitrogens is 3. The number of ether oxygens (including phenoxy) is 4. The van der Waals surface area contributed by atoms with Gasteiger partial charge >= 0.3 is 12.1 Å². The number of imidazole rings is 2. The van der Waals surface area contributed by atoms with Gasteiger partial charge in [-0.2, -0.15) is 0 Å². The number of benzene rings is 4. The zero-order valence-electron chi connectivity index (χ0n) is 31.3. The molecule has 0 atom stereocenters. The van der Waals surface area contributed by atoms with Crippen LogP contribution in [0.1, 0.15) is 43.9 Å². The van der Waals surface area contributed by atoms with Crippen molar-refractivity contribution in [1.82, 2.24) is 24.9 Å². The van der Waals surface area contributed by atoms with Gasteiger partial charge in [-0.3, -0.25) is 19.7 Å². The van der Waals surface area contributed by atoms with Crippen LogP contribution in [0.3, 0.4) is 0 Å². The largest absolute Gasteiger partial charge is 0.496 e. The van der Waals surface area contributed by atoms with Gasteiger partial charge in [-0.05, 0) is 82.3 Å². The number of amides is 1. The van der Waals surface area contributed by atoms with E-state index in [9.17, 15) is 19.2 Å².